The van der Waals surface area contributed by atoms with E-state index in [0.29, 0.717) is 24.6 Å². The number of nitrogens with one attached hydrogen (secondary N) is 2. The zero-order valence-corrected chi connectivity index (χ0v) is 15.1. The first-order valence-corrected chi connectivity index (χ1v) is 8.23. The van der Waals surface area contributed by atoms with Gasteiger partial charge in [0.05, 0.1) is 11.9 Å². The second-order valence-corrected chi connectivity index (χ2v) is 5.94. The minimum Gasteiger partial charge on any atom is -0.384 e. The quantitative estimate of drug-likeness (QED) is 0.762. The van der Waals surface area contributed by atoms with Gasteiger partial charge in [0, 0.05) is 26.1 Å². The number of aromatic nitrogens is 1. The van der Waals surface area contributed by atoms with Gasteiger partial charge in [0.2, 0.25) is 5.91 Å². The number of hydrogen-bond donors (Lipinski definition) is 3. The molecule has 0 radical (unpaired) electrons. The smallest absolute Gasteiger partial charge is 0.317 e. The molecular formula is C18H22ClN5O2. The number of anilines is 2. The average Bonchev–Trinajstić information content (AvgIpc) is 2.63. The third-order valence-electron chi connectivity index (χ3n) is 4.12. The van der Waals surface area contributed by atoms with Gasteiger partial charge in [-0.1, -0.05) is 24.3 Å². The molecule has 3 rings (SSSR count). The van der Waals surface area contributed by atoms with Crippen molar-refractivity contribution in [2.24, 2.45) is 0 Å². The van der Waals surface area contributed by atoms with Crippen LogP contribution in [0.2, 0.25) is 0 Å². The summed E-state index contributed by atoms with van der Waals surface area (Å²) in [4.78, 5) is 29.8. The van der Waals surface area contributed by atoms with Gasteiger partial charge < -0.3 is 21.3 Å². The number of fused-ring (bicyclic) bond motifs is 1. The molecule has 0 atom stereocenters. The molecule has 0 saturated heterocycles. The summed E-state index contributed by atoms with van der Waals surface area (Å²) in [6.07, 6.45) is 2.55. The van der Waals surface area contributed by atoms with E-state index >= 15 is 0 Å². The number of hydrogen-bond acceptors (Lipinski definition) is 4. The number of amides is 3. The summed E-state index contributed by atoms with van der Waals surface area (Å²) in [5.41, 5.74) is 8.55. The molecule has 3 amide bonds. The van der Waals surface area contributed by atoms with Gasteiger partial charge in [-0.15, -0.1) is 12.4 Å². The van der Waals surface area contributed by atoms with Crippen LogP contribution in [0.5, 0.6) is 0 Å². The Bertz CT molecular complexity index is 766. The standard InChI is InChI=1S/C18H21N5O2.ClH/c19-16-6-5-15(11-21-16)22-17(24)7-9-20-18(25)23-10-8-13-3-1-2-4-14(13)12-23;/h1-6,11H,7-10,12H2,(H2,19,21)(H,20,25)(H,22,24);1H. The van der Waals surface area contributed by atoms with E-state index < -0.39 is 0 Å². The highest BCUT2D eigenvalue weighted by Crippen LogP contribution is 2.18. The lowest BCUT2D eigenvalue weighted by Crippen LogP contribution is -2.43. The number of carbonyl (C=O) groups is 2. The van der Waals surface area contributed by atoms with Crippen molar-refractivity contribution in [3.05, 3.63) is 53.7 Å². The molecule has 7 nitrogen and oxygen atoms in total. The molecule has 0 fully saturated rings. The average molecular weight is 376 g/mol. The predicted molar refractivity (Wildman–Crippen MR) is 103 cm³/mol. The van der Waals surface area contributed by atoms with E-state index in [1.165, 1.54) is 17.3 Å². The largest absolute Gasteiger partial charge is 0.384 e. The maximum Gasteiger partial charge on any atom is 0.317 e. The van der Waals surface area contributed by atoms with Crippen molar-refractivity contribution in [2.75, 3.05) is 24.1 Å². The summed E-state index contributed by atoms with van der Waals surface area (Å²) in [5, 5.41) is 5.51. The van der Waals surface area contributed by atoms with E-state index in [1.54, 1.807) is 17.0 Å². The Morgan fingerprint density at radius 3 is 2.65 bits per heavy atom. The summed E-state index contributed by atoms with van der Waals surface area (Å²) < 4.78 is 0. The summed E-state index contributed by atoms with van der Waals surface area (Å²) in [7, 11) is 0. The number of rotatable bonds is 4. The lowest BCUT2D eigenvalue weighted by molar-refractivity contribution is -0.116. The van der Waals surface area contributed by atoms with Crippen LogP contribution in [-0.2, 0) is 17.8 Å². The number of halogens is 1. The molecule has 0 bridgehead atoms. The Hall–Kier alpha value is -2.80. The fourth-order valence-electron chi connectivity index (χ4n) is 2.77. The van der Waals surface area contributed by atoms with E-state index in [0.717, 1.165) is 6.42 Å². The third kappa shape index (κ3) is 5.10. The molecule has 1 aromatic carbocycles. The van der Waals surface area contributed by atoms with Crippen LogP contribution >= 0.6 is 12.4 Å². The van der Waals surface area contributed by atoms with Gasteiger partial charge in [-0.2, -0.15) is 0 Å². The summed E-state index contributed by atoms with van der Waals surface area (Å²) in [6, 6.07) is 11.3. The highest BCUT2D eigenvalue weighted by atomic mass is 35.5. The summed E-state index contributed by atoms with van der Waals surface area (Å²) >= 11 is 0. The maximum atomic E-state index is 12.2. The number of carbonyl (C=O) groups excluding carboxylic acids is 2. The van der Waals surface area contributed by atoms with E-state index in [2.05, 4.69) is 21.7 Å². The summed E-state index contributed by atoms with van der Waals surface area (Å²) in [6.45, 7) is 1.57. The molecule has 4 N–H and O–H groups in total. The third-order valence-corrected chi connectivity index (χ3v) is 4.12. The highest BCUT2D eigenvalue weighted by molar-refractivity contribution is 5.91. The van der Waals surface area contributed by atoms with Gasteiger partial charge in [-0.3, -0.25) is 4.79 Å². The fraction of sp³-hybridized carbons (Fsp3) is 0.278. The lowest BCUT2D eigenvalue weighted by Gasteiger charge is -2.28. The van der Waals surface area contributed by atoms with Crippen molar-refractivity contribution >= 4 is 35.9 Å². The number of urea groups is 1. The zero-order valence-electron chi connectivity index (χ0n) is 14.3. The summed E-state index contributed by atoms with van der Waals surface area (Å²) in [5.74, 6) is 0.212. The molecule has 0 unspecified atom stereocenters. The van der Waals surface area contributed by atoms with Crippen molar-refractivity contribution in [3.8, 4) is 0 Å². The molecule has 0 saturated carbocycles. The van der Waals surface area contributed by atoms with Crippen molar-refractivity contribution in [2.45, 2.75) is 19.4 Å². The van der Waals surface area contributed by atoms with Gasteiger partial charge in [-0.25, -0.2) is 9.78 Å². The Kier molecular flexibility index (Phi) is 6.80. The SMILES string of the molecule is Cl.Nc1ccc(NC(=O)CCNC(=O)N2CCc3ccccc3C2)cn1. The van der Waals surface area contributed by atoms with Gasteiger partial charge in [0.15, 0.2) is 0 Å². The van der Waals surface area contributed by atoms with Crippen LogP contribution in [0.1, 0.15) is 17.5 Å². The van der Waals surface area contributed by atoms with Crippen LogP contribution in [0.15, 0.2) is 42.6 Å². The van der Waals surface area contributed by atoms with Crippen molar-refractivity contribution < 1.29 is 9.59 Å². The number of nitrogen functional groups attached to an aromatic ring is 1. The lowest BCUT2D eigenvalue weighted by atomic mass is 10.0. The second-order valence-electron chi connectivity index (χ2n) is 5.94. The second kappa shape index (κ2) is 9.05. The molecule has 8 heteroatoms. The highest BCUT2D eigenvalue weighted by Gasteiger charge is 2.20. The van der Waals surface area contributed by atoms with Crippen LogP contribution in [0.25, 0.3) is 0 Å². The molecule has 0 aliphatic carbocycles. The normalized spacial score (nSPS) is 12.5. The zero-order chi connectivity index (χ0) is 17.6. The number of benzene rings is 1. The number of pyridine rings is 1. The monoisotopic (exact) mass is 375 g/mol. The van der Waals surface area contributed by atoms with Gasteiger partial charge >= 0.3 is 6.03 Å². The van der Waals surface area contributed by atoms with E-state index in [4.69, 9.17) is 5.73 Å². The Morgan fingerprint density at radius 2 is 1.92 bits per heavy atom. The van der Waals surface area contributed by atoms with E-state index in [-0.39, 0.29) is 37.3 Å². The van der Waals surface area contributed by atoms with Gasteiger partial charge in [0.25, 0.3) is 0 Å². The minimum atomic E-state index is -0.184. The van der Waals surface area contributed by atoms with Crippen molar-refractivity contribution in [1.29, 1.82) is 0 Å². The van der Waals surface area contributed by atoms with E-state index in [9.17, 15) is 9.59 Å². The van der Waals surface area contributed by atoms with Crippen LogP contribution in [0.3, 0.4) is 0 Å². The molecule has 26 heavy (non-hydrogen) atoms. The van der Waals surface area contributed by atoms with Crippen molar-refractivity contribution in [1.82, 2.24) is 15.2 Å². The molecule has 2 heterocycles. The minimum absolute atomic E-state index is 0. The maximum absolute atomic E-state index is 12.2. The molecular weight excluding hydrogens is 354 g/mol. The van der Waals surface area contributed by atoms with Crippen molar-refractivity contribution in [3.63, 3.8) is 0 Å². The Morgan fingerprint density at radius 1 is 1.15 bits per heavy atom. The van der Waals surface area contributed by atoms with Gasteiger partial charge in [-0.05, 0) is 29.7 Å². The predicted octanol–water partition coefficient (Wildman–Crippen LogP) is 2.18. The molecule has 2 aromatic rings. The topological polar surface area (TPSA) is 100 Å². The molecule has 0 spiro atoms. The number of nitrogens with zero attached hydrogens (tertiary/aromatic N) is 2. The van der Waals surface area contributed by atoms with E-state index in [1.807, 2.05) is 18.2 Å². The molecule has 1 aromatic heterocycles. The van der Waals surface area contributed by atoms with Crippen LogP contribution in [0.4, 0.5) is 16.3 Å². The van der Waals surface area contributed by atoms with Crippen LogP contribution in [0, 0.1) is 0 Å². The molecule has 1 aliphatic rings. The van der Waals surface area contributed by atoms with Gasteiger partial charge in [0.1, 0.15) is 5.82 Å². The van der Waals surface area contributed by atoms with Crippen LogP contribution < -0.4 is 16.4 Å². The fourth-order valence-corrected chi connectivity index (χ4v) is 2.77. The molecule has 1 aliphatic heterocycles. The first kappa shape index (κ1) is 19.5. The Labute approximate surface area is 158 Å². The first-order chi connectivity index (χ1) is 12.1. The molecule has 138 valence electrons. The first-order valence-electron chi connectivity index (χ1n) is 8.23. The number of nitrogens with two attached hydrogens (primary N) is 1. The Balaban J connectivity index is 0.00000243. The van der Waals surface area contributed by atoms with Crippen LogP contribution in [-0.4, -0.2) is 34.9 Å².